The third-order valence-corrected chi connectivity index (χ3v) is 4.35. The zero-order chi connectivity index (χ0) is 21.0. The molecule has 0 radical (unpaired) electrons. The summed E-state index contributed by atoms with van der Waals surface area (Å²) in [5, 5.41) is 19.0. The molecule has 0 unspecified atom stereocenters. The van der Waals surface area contributed by atoms with Crippen molar-refractivity contribution in [3.05, 3.63) is 75.5 Å². The molecule has 2 aromatic carbocycles. The van der Waals surface area contributed by atoms with Crippen LogP contribution in [0.5, 0.6) is 5.75 Å². The molecule has 0 saturated carbocycles. The summed E-state index contributed by atoms with van der Waals surface area (Å²) in [4.78, 5) is 35.4. The number of nitro groups is 1. The first-order chi connectivity index (χ1) is 13.9. The SMILES string of the molecule is CCOc1ccc([C@@H]2NC(=O)NC(C)=C2C(=O)Nc2cccc([N+](=O)[O-])c2)cc1. The number of nitrogens with zero attached hydrogens (tertiary/aromatic N) is 1. The summed E-state index contributed by atoms with van der Waals surface area (Å²) in [6.07, 6.45) is 0. The molecule has 0 spiro atoms. The quantitative estimate of drug-likeness (QED) is 0.511. The predicted molar refractivity (Wildman–Crippen MR) is 106 cm³/mol. The summed E-state index contributed by atoms with van der Waals surface area (Å²) < 4.78 is 5.43. The molecule has 1 atom stereocenters. The van der Waals surface area contributed by atoms with Crippen molar-refractivity contribution in [3.63, 3.8) is 0 Å². The number of anilines is 1. The molecule has 150 valence electrons. The van der Waals surface area contributed by atoms with Gasteiger partial charge in [0, 0.05) is 23.5 Å². The van der Waals surface area contributed by atoms with Crippen LogP contribution in [-0.2, 0) is 4.79 Å². The van der Waals surface area contributed by atoms with Crippen molar-refractivity contribution in [2.75, 3.05) is 11.9 Å². The Bertz CT molecular complexity index is 985. The standard InChI is InChI=1S/C20H20N4O5/c1-3-29-16-9-7-13(8-10-16)18-17(12(2)21-20(26)23-18)19(25)22-14-5-4-6-15(11-14)24(27)28/h4-11,18H,3H2,1-2H3,(H,22,25)(H2,21,23,26)/t18-/m0/s1. The van der Waals surface area contributed by atoms with Crippen LogP contribution in [0.3, 0.4) is 0 Å². The van der Waals surface area contributed by atoms with E-state index >= 15 is 0 Å². The van der Waals surface area contributed by atoms with Crippen molar-refractivity contribution < 1.29 is 19.2 Å². The van der Waals surface area contributed by atoms with Crippen LogP contribution in [0.25, 0.3) is 0 Å². The third kappa shape index (κ3) is 4.52. The fourth-order valence-corrected chi connectivity index (χ4v) is 3.06. The average molecular weight is 396 g/mol. The van der Waals surface area contributed by atoms with Gasteiger partial charge in [0.05, 0.1) is 23.1 Å². The maximum Gasteiger partial charge on any atom is 0.319 e. The maximum atomic E-state index is 13.0. The molecule has 0 saturated heterocycles. The Labute approximate surface area is 166 Å². The van der Waals surface area contributed by atoms with Crippen molar-refractivity contribution in [1.82, 2.24) is 10.6 Å². The number of hydrogen-bond acceptors (Lipinski definition) is 5. The lowest BCUT2D eigenvalue weighted by Gasteiger charge is -2.28. The van der Waals surface area contributed by atoms with Crippen molar-refractivity contribution in [2.24, 2.45) is 0 Å². The number of nitrogens with one attached hydrogen (secondary N) is 3. The Morgan fingerprint density at radius 1 is 1.24 bits per heavy atom. The van der Waals surface area contributed by atoms with Gasteiger partial charge in [0.1, 0.15) is 5.75 Å². The molecule has 1 aliphatic heterocycles. The predicted octanol–water partition coefficient (Wildman–Crippen LogP) is 3.26. The van der Waals surface area contributed by atoms with E-state index in [2.05, 4.69) is 16.0 Å². The van der Waals surface area contributed by atoms with Crippen LogP contribution in [-0.4, -0.2) is 23.5 Å². The summed E-state index contributed by atoms with van der Waals surface area (Å²) in [7, 11) is 0. The molecule has 9 nitrogen and oxygen atoms in total. The lowest BCUT2D eigenvalue weighted by Crippen LogP contribution is -2.45. The highest BCUT2D eigenvalue weighted by atomic mass is 16.6. The number of urea groups is 1. The largest absolute Gasteiger partial charge is 0.494 e. The molecule has 9 heteroatoms. The van der Waals surface area contributed by atoms with Gasteiger partial charge < -0.3 is 20.7 Å². The molecule has 0 bridgehead atoms. The fraction of sp³-hybridized carbons (Fsp3) is 0.200. The van der Waals surface area contributed by atoms with Crippen LogP contribution in [0, 0.1) is 10.1 Å². The maximum absolute atomic E-state index is 13.0. The van der Waals surface area contributed by atoms with E-state index in [0.717, 1.165) is 0 Å². The van der Waals surface area contributed by atoms with Crippen LogP contribution < -0.4 is 20.7 Å². The average Bonchev–Trinajstić information content (AvgIpc) is 2.68. The highest BCUT2D eigenvalue weighted by molar-refractivity contribution is 6.06. The second-order valence-electron chi connectivity index (χ2n) is 6.33. The molecule has 3 rings (SSSR count). The summed E-state index contributed by atoms with van der Waals surface area (Å²) in [5.74, 6) is 0.203. The topological polar surface area (TPSA) is 123 Å². The Hall–Kier alpha value is -3.88. The van der Waals surface area contributed by atoms with E-state index in [-0.39, 0.29) is 11.4 Å². The van der Waals surface area contributed by atoms with E-state index in [9.17, 15) is 19.7 Å². The highest BCUT2D eigenvalue weighted by Crippen LogP contribution is 2.29. The van der Waals surface area contributed by atoms with Gasteiger partial charge in [0.25, 0.3) is 11.6 Å². The Kier molecular flexibility index (Phi) is 5.77. The minimum Gasteiger partial charge on any atom is -0.494 e. The van der Waals surface area contributed by atoms with E-state index in [1.807, 2.05) is 6.92 Å². The van der Waals surface area contributed by atoms with Gasteiger partial charge in [0.2, 0.25) is 0 Å². The highest BCUT2D eigenvalue weighted by Gasteiger charge is 2.31. The van der Waals surface area contributed by atoms with Gasteiger partial charge in [-0.2, -0.15) is 0 Å². The summed E-state index contributed by atoms with van der Waals surface area (Å²) >= 11 is 0. The molecule has 0 fully saturated rings. The van der Waals surface area contributed by atoms with E-state index in [4.69, 9.17) is 4.74 Å². The first kappa shape index (κ1) is 19.9. The number of non-ortho nitro benzene ring substituents is 1. The monoisotopic (exact) mass is 396 g/mol. The first-order valence-corrected chi connectivity index (χ1v) is 8.96. The number of rotatable bonds is 6. The summed E-state index contributed by atoms with van der Waals surface area (Å²) in [6, 6.07) is 11.6. The molecule has 29 heavy (non-hydrogen) atoms. The molecule has 1 aliphatic rings. The molecule has 0 aliphatic carbocycles. The molecule has 2 aromatic rings. The number of ether oxygens (including phenoxy) is 1. The second kappa shape index (κ2) is 8.42. The minimum atomic E-state index is -0.682. The van der Waals surface area contributed by atoms with Gasteiger partial charge in [0.15, 0.2) is 0 Å². The van der Waals surface area contributed by atoms with E-state index in [1.165, 1.54) is 18.2 Å². The fourth-order valence-electron chi connectivity index (χ4n) is 3.06. The first-order valence-electron chi connectivity index (χ1n) is 8.96. The molecular formula is C20H20N4O5. The van der Waals surface area contributed by atoms with Gasteiger partial charge in [-0.15, -0.1) is 0 Å². The van der Waals surface area contributed by atoms with Crippen LogP contribution in [0.1, 0.15) is 25.5 Å². The number of carbonyl (C=O) groups excluding carboxylic acids is 2. The number of amides is 3. The van der Waals surface area contributed by atoms with E-state index < -0.39 is 22.9 Å². The second-order valence-corrected chi connectivity index (χ2v) is 6.33. The van der Waals surface area contributed by atoms with Crippen molar-refractivity contribution in [3.8, 4) is 5.75 Å². The van der Waals surface area contributed by atoms with Gasteiger partial charge in [-0.05, 0) is 37.6 Å². The van der Waals surface area contributed by atoms with E-state index in [0.29, 0.717) is 29.2 Å². The van der Waals surface area contributed by atoms with Crippen LogP contribution in [0.2, 0.25) is 0 Å². The van der Waals surface area contributed by atoms with Crippen LogP contribution in [0.4, 0.5) is 16.2 Å². The Morgan fingerprint density at radius 2 is 1.97 bits per heavy atom. The summed E-state index contributed by atoms with van der Waals surface area (Å²) in [6.45, 7) is 4.03. The minimum absolute atomic E-state index is 0.133. The molecule has 1 heterocycles. The smallest absolute Gasteiger partial charge is 0.319 e. The van der Waals surface area contributed by atoms with Crippen LogP contribution in [0.15, 0.2) is 59.8 Å². The normalized spacial score (nSPS) is 15.9. The van der Waals surface area contributed by atoms with Crippen molar-refractivity contribution >= 4 is 23.3 Å². The zero-order valence-corrected chi connectivity index (χ0v) is 15.9. The molecule has 0 aromatic heterocycles. The van der Waals surface area contributed by atoms with E-state index in [1.54, 1.807) is 37.3 Å². The van der Waals surface area contributed by atoms with Gasteiger partial charge in [-0.3, -0.25) is 14.9 Å². The number of nitro benzene ring substituents is 1. The zero-order valence-electron chi connectivity index (χ0n) is 15.9. The number of carbonyl (C=O) groups is 2. The lowest BCUT2D eigenvalue weighted by atomic mass is 9.94. The van der Waals surface area contributed by atoms with Crippen molar-refractivity contribution in [2.45, 2.75) is 19.9 Å². The number of hydrogen-bond donors (Lipinski definition) is 3. The molecule has 3 N–H and O–H groups in total. The lowest BCUT2D eigenvalue weighted by molar-refractivity contribution is -0.384. The number of allylic oxidation sites excluding steroid dienone is 1. The molecule has 3 amide bonds. The van der Waals surface area contributed by atoms with Crippen molar-refractivity contribution in [1.29, 1.82) is 0 Å². The van der Waals surface area contributed by atoms with Gasteiger partial charge in [-0.25, -0.2) is 4.79 Å². The Morgan fingerprint density at radius 3 is 2.62 bits per heavy atom. The Balaban J connectivity index is 1.90. The van der Waals surface area contributed by atoms with Crippen LogP contribution >= 0.6 is 0 Å². The van der Waals surface area contributed by atoms with Gasteiger partial charge in [-0.1, -0.05) is 18.2 Å². The number of benzene rings is 2. The third-order valence-electron chi connectivity index (χ3n) is 4.35. The summed E-state index contributed by atoms with van der Waals surface area (Å²) in [5.41, 5.74) is 1.56. The molecular weight excluding hydrogens is 376 g/mol. The van der Waals surface area contributed by atoms with Gasteiger partial charge >= 0.3 is 6.03 Å².